The van der Waals surface area contributed by atoms with E-state index in [9.17, 15) is 17.6 Å². The van der Waals surface area contributed by atoms with Crippen LogP contribution in [-0.4, -0.2) is 24.3 Å². The number of rotatable bonds is 6. The quantitative estimate of drug-likeness (QED) is 0.314. The van der Waals surface area contributed by atoms with Gasteiger partial charge in [-0.05, 0) is 29.3 Å². The van der Waals surface area contributed by atoms with Crippen LogP contribution < -0.4 is 0 Å². The lowest BCUT2D eigenvalue weighted by atomic mass is 10.0. The molecule has 1 heterocycles. The molecule has 0 aromatic heterocycles. The first-order chi connectivity index (χ1) is 15.8. The molecule has 33 heavy (non-hydrogen) atoms. The summed E-state index contributed by atoms with van der Waals surface area (Å²) < 4.78 is 65.2. The van der Waals surface area contributed by atoms with Crippen molar-refractivity contribution in [3.8, 4) is 0 Å². The van der Waals surface area contributed by atoms with E-state index in [1.807, 2.05) is 60.7 Å². The number of morpholine rings is 1. The first-order valence-electron chi connectivity index (χ1n) is 10.5. The third kappa shape index (κ3) is 5.61. The van der Waals surface area contributed by atoms with Crippen LogP contribution in [0.4, 0.5) is 17.6 Å². The molecule has 3 nitrogen and oxygen atoms in total. The van der Waals surface area contributed by atoms with Crippen molar-refractivity contribution in [3.63, 3.8) is 0 Å². The average molecular weight is 457 g/mol. The van der Waals surface area contributed by atoms with E-state index >= 15 is 0 Å². The topological polar surface area (TPSA) is 21.7 Å². The summed E-state index contributed by atoms with van der Waals surface area (Å²) in [5.74, 6) is -1.10. The van der Waals surface area contributed by atoms with Crippen LogP contribution in [0.15, 0.2) is 85.4 Å². The van der Waals surface area contributed by atoms with E-state index in [4.69, 9.17) is 9.47 Å². The zero-order chi connectivity index (χ0) is 23.4. The van der Waals surface area contributed by atoms with Gasteiger partial charge in [-0.15, -0.1) is 0 Å². The van der Waals surface area contributed by atoms with Crippen LogP contribution in [0.5, 0.6) is 0 Å². The van der Waals surface area contributed by atoms with E-state index < -0.39 is 23.8 Å². The second-order valence-electron chi connectivity index (χ2n) is 7.82. The smallest absolute Gasteiger partial charge is 0.416 e. The molecule has 3 aromatic rings. The lowest BCUT2D eigenvalue weighted by Gasteiger charge is -2.41. The van der Waals surface area contributed by atoms with E-state index in [0.29, 0.717) is 25.8 Å². The maximum Gasteiger partial charge on any atom is 0.416 e. The first-order valence-corrected chi connectivity index (χ1v) is 10.5. The summed E-state index contributed by atoms with van der Waals surface area (Å²) in [6, 6.07) is 21.4. The molecule has 0 radical (unpaired) electrons. The first kappa shape index (κ1) is 23.0. The molecule has 0 saturated carbocycles. The number of ether oxygens (including phenoxy) is 2. The molecule has 0 spiro atoms. The van der Waals surface area contributed by atoms with Crippen molar-refractivity contribution in [2.24, 2.45) is 0 Å². The molecule has 172 valence electrons. The van der Waals surface area contributed by atoms with Crippen LogP contribution in [0.1, 0.15) is 28.3 Å². The van der Waals surface area contributed by atoms with Gasteiger partial charge in [0.1, 0.15) is 11.6 Å². The molecule has 7 heteroatoms. The minimum absolute atomic E-state index is 0.0853. The molecule has 1 fully saturated rings. The maximum absolute atomic E-state index is 13.9. The average Bonchev–Trinajstić information content (AvgIpc) is 2.79. The van der Waals surface area contributed by atoms with Gasteiger partial charge in [-0.1, -0.05) is 67.2 Å². The zero-order valence-corrected chi connectivity index (χ0v) is 17.8. The number of alkyl halides is 3. The van der Waals surface area contributed by atoms with Gasteiger partial charge in [0.15, 0.2) is 0 Å². The summed E-state index contributed by atoms with van der Waals surface area (Å²) >= 11 is 0. The van der Waals surface area contributed by atoms with Crippen LogP contribution in [0.25, 0.3) is 5.76 Å². The Morgan fingerprint density at radius 1 is 1.00 bits per heavy atom. The summed E-state index contributed by atoms with van der Waals surface area (Å²) in [5, 5.41) is 0. The van der Waals surface area contributed by atoms with Gasteiger partial charge < -0.3 is 9.47 Å². The van der Waals surface area contributed by atoms with E-state index in [0.717, 1.165) is 23.3 Å². The van der Waals surface area contributed by atoms with Crippen LogP contribution in [0.2, 0.25) is 0 Å². The van der Waals surface area contributed by atoms with Crippen molar-refractivity contribution in [1.82, 2.24) is 4.90 Å². The molecule has 2 unspecified atom stereocenters. The Bertz CT molecular complexity index is 1090. The Morgan fingerprint density at radius 3 is 2.33 bits per heavy atom. The molecule has 1 aliphatic heterocycles. The predicted octanol–water partition coefficient (Wildman–Crippen LogP) is 6.43. The summed E-state index contributed by atoms with van der Waals surface area (Å²) in [6.45, 7) is 5.40. The molecule has 4 rings (SSSR count). The highest BCUT2D eigenvalue weighted by molar-refractivity contribution is 5.58. The molecule has 1 saturated heterocycles. The summed E-state index contributed by atoms with van der Waals surface area (Å²) in [4.78, 5) is 2.19. The molecule has 2 atom stereocenters. The van der Waals surface area contributed by atoms with Gasteiger partial charge in [0, 0.05) is 18.7 Å². The number of halogens is 4. The molecular weight excluding hydrogens is 434 g/mol. The van der Waals surface area contributed by atoms with E-state index in [1.165, 1.54) is 0 Å². The highest BCUT2D eigenvalue weighted by Crippen LogP contribution is 2.36. The predicted molar refractivity (Wildman–Crippen MR) is 117 cm³/mol. The highest BCUT2D eigenvalue weighted by atomic mass is 19.4. The normalized spacial score (nSPS) is 19.3. The fourth-order valence-electron chi connectivity index (χ4n) is 3.92. The van der Waals surface area contributed by atoms with Gasteiger partial charge in [0.2, 0.25) is 6.29 Å². The Labute approximate surface area is 189 Å². The van der Waals surface area contributed by atoms with E-state index in [2.05, 4.69) is 11.5 Å². The standard InChI is InChI=1S/C26H23F4NO2/c1-18(21-14-22(26(28,29)30)16-23(27)15-21)33-25-24(20-10-6-3-7-11-20)31(12-13-32-25)17-19-8-4-2-5-9-19/h2-11,14-16,24-25H,1,12-13,17H2. The van der Waals surface area contributed by atoms with Crippen LogP contribution in [0, 0.1) is 5.82 Å². The van der Waals surface area contributed by atoms with Crippen molar-refractivity contribution < 1.29 is 27.0 Å². The van der Waals surface area contributed by atoms with Crippen LogP contribution >= 0.6 is 0 Å². The largest absolute Gasteiger partial charge is 0.463 e. The molecule has 0 aliphatic carbocycles. The van der Waals surface area contributed by atoms with Crippen LogP contribution in [0.3, 0.4) is 0 Å². The monoisotopic (exact) mass is 457 g/mol. The second-order valence-corrected chi connectivity index (χ2v) is 7.82. The van der Waals surface area contributed by atoms with Gasteiger partial charge in [-0.3, -0.25) is 4.90 Å². The van der Waals surface area contributed by atoms with Crippen molar-refractivity contribution in [2.45, 2.75) is 25.1 Å². The number of benzene rings is 3. The third-order valence-corrected chi connectivity index (χ3v) is 5.49. The lowest BCUT2D eigenvalue weighted by molar-refractivity contribution is -0.181. The molecule has 0 bridgehead atoms. The van der Waals surface area contributed by atoms with Crippen molar-refractivity contribution in [1.29, 1.82) is 0 Å². The highest BCUT2D eigenvalue weighted by Gasteiger charge is 2.36. The number of hydrogen-bond donors (Lipinski definition) is 0. The van der Waals surface area contributed by atoms with Crippen LogP contribution in [-0.2, 0) is 22.2 Å². The fourth-order valence-corrected chi connectivity index (χ4v) is 3.92. The SMILES string of the molecule is C=C(OC1OCCN(Cc2ccccc2)C1c1ccccc1)c1cc(F)cc(C(F)(F)F)c1. The molecule has 0 amide bonds. The Hall–Kier alpha value is -3.16. The van der Waals surface area contributed by atoms with Crippen molar-refractivity contribution >= 4 is 5.76 Å². The maximum atomic E-state index is 13.9. The van der Waals surface area contributed by atoms with Crippen molar-refractivity contribution in [2.75, 3.05) is 13.2 Å². The summed E-state index contributed by atoms with van der Waals surface area (Å²) in [7, 11) is 0. The molecule has 0 N–H and O–H groups in total. The molecular formula is C26H23F4NO2. The second kappa shape index (κ2) is 9.77. The number of nitrogens with zero attached hydrogens (tertiary/aromatic N) is 1. The van der Waals surface area contributed by atoms with Gasteiger partial charge in [0.25, 0.3) is 0 Å². The Balaban J connectivity index is 1.61. The Morgan fingerprint density at radius 2 is 1.67 bits per heavy atom. The minimum atomic E-state index is -4.68. The zero-order valence-electron chi connectivity index (χ0n) is 17.8. The van der Waals surface area contributed by atoms with E-state index in [1.54, 1.807) is 0 Å². The molecule has 3 aromatic carbocycles. The van der Waals surface area contributed by atoms with Gasteiger partial charge in [-0.2, -0.15) is 13.2 Å². The minimum Gasteiger partial charge on any atom is -0.463 e. The molecule has 1 aliphatic rings. The Kier molecular flexibility index (Phi) is 6.81. The van der Waals surface area contributed by atoms with Crippen molar-refractivity contribution in [3.05, 3.63) is 114 Å². The van der Waals surface area contributed by atoms with Gasteiger partial charge in [-0.25, -0.2) is 4.39 Å². The number of hydrogen-bond acceptors (Lipinski definition) is 3. The fraction of sp³-hybridized carbons (Fsp3) is 0.231. The lowest BCUT2D eigenvalue weighted by Crippen LogP contribution is -2.45. The van der Waals surface area contributed by atoms with Gasteiger partial charge in [0.05, 0.1) is 18.2 Å². The summed E-state index contributed by atoms with van der Waals surface area (Å²) in [6.07, 6.45) is -5.52. The van der Waals surface area contributed by atoms with E-state index in [-0.39, 0.29) is 17.4 Å². The summed E-state index contributed by atoms with van der Waals surface area (Å²) in [5.41, 5.74) is 0.856. The van der Waals surface area contributed by atoms with Gasteiger partial charge >= 0.3 is 6.18 Å². The third-order valence-electron chi connectivity index (χ3n) is 5.49.